The zero-order chi connectivity index (χ0) is 7.68. The fraction of sp³-hybridized carbons (Fsp3) is 0. The highest BCUT2D eigenvalue weighted by Gasteiger charge is 2.19. The van der Waals surface area contributed by atoms with Crippen molar-refractivity contribution in [3.63, 3.8) is 0 Å². The van der Waals surface area contributed by atoms with Gasteiger partial charge in [0.1, 0.15) is 6.07 Å². The molecule has 0 bridgehead atoms. The van der Waals surface area contributed by atoms with Crippen molar-refractivity contribution in [2.45, 2.75) is 0 Å². The lowest BCUT2D eigenvalue weighted by molar-refractivity contribution is 0.795. The van der Waals surface area contributed by atoms with Gasteiger partial charge in [-0.05, 0) is 12.2 Å². The van der Waals surface area contributed by atoms with Gasteiger partial charge in [0.2, 0.25) is 0 Å². The molecule has 0 spiro atoms. The molecular formula is C7H5N3S. The van der Waals surface area contributed by atoms with Gasteiger partial charge < -0.3 is 4.72 Å². The summed E-state index contributed by atoms with van der Waals surface area (Å²) in [5.74, 6) is 0. The van der Waals surface area contributed by atoms with E-state index in [2.05, 4.69) is 10.8 Å². The van der Waals surface area contributed by atoms with Crippen LogP contribution in [0.1, 0.15) is 0 Å². The van der Waals surface area contributed by atoms with Gasteiger partial charge in [0, 0.05) is 12.4 Å². The summed E-state index contributed by atoms with van der Waals surface area (Å²) in [4.78, 5) is 0. The molecule has 0 saturated carbocycles. The molecule has 0 aromatic carbocycles. The first-order valence-corrected chi connectivity index (χ1v) is 3.90. The minimum Gasteiger partial charge on any atom is -0.316 e. The Hall–Kier alpha value is -1.34. The Labute approximate surface area is 68.9 Å². The summed E-state index contributed by atoms with van der Waals surface area (Å²) in [6.07, 6.45) is 7.40. The topological polar surface area (TPSA) is 39.1 Å². The Kier molecular flexibility index (Phi) is 1.37. The van der Waals surface area contributed by atoms with Gasteiger partial charge in [-0.1, -0.05) is 0 Å². The molecule has 4 heteroatoms. The Morgan fingerprint density at radius 1 is 1.64 bits per heavy atom. The average molecular weight is 163 g/mol. The molecule has 2 heterocycles. The van der Waals surface area contributed by atoms with E-state index in [0.29, 0.717) is 5.57 Å². The van der Waals surface area contributed by atoms with E-state index in [9.17, 15) is 0 Å². The number of allylic oxidation sites excluding steroid dienone is 3. The number of nitrogens with one attached hydrogen (secondary N) is 1. The molecule has 1 N–H and O–H groups in total. The fourth-order valence-electron chi connectivity index (χ4n) is 0.956. The van der Waals surface area contributed by atoms with Crippen molar-refractivity contribution in [3.05, 3.63) is 35.8 Å². The van der Waals surface area contributed by atoms with Gasteiger partial charge in [0.15, 0.2) is 0 Å². The van der Waals surface area contributed by atoms with E-state index in [1.165, 1.54) is 12.1 Å². The summed E-state index contributed by atoms with van der Waals surface area (Å²) in [6, 6.07) is 2.12. The van der Waals surface area contributed by atoms with E-state index in [0.717, 1.165) is 5.70 Å². The van der Waals surface area contributed by atoms with E-state index in [1.54, 1.807) is 6.08 Å². The van der Waals surface area contributed by atoms with Crippen LogP contribution in [0.5, 0.6) is 0 Å². The van der Waals surface area contributed by atoms with Crippen molar-refractivity contribution < 1.29 is 0 Å². The molecule has 11 heavy (non-hydrogen) atoms. The zero-order valence-corrected chi connectivity index (χ0v) is 6.43. The lowest BCUT2D eigenvalue weighted by Gasteiger charge is -2.15. The smallest absolute Gasteiger partial charge is 0.101 e. The molecule has 0 amide bonds. The number of nitriles is 1. The van der Waals surface area contributed by atoms with Crippen molar-refractivity contribution in [1.29, 1.82) is 5.26 Å². The van der Waals surface area contributed by atoms with Gasteiger partial charge in [0.25, 0.3) is 0 Å². The van der Waals surface area contributed by atoms with E-state index in [-0.39, 0.29) is 0 Å². The van der Waals surface area contributed by atoms with Crippen molar-refractivity contribution in [2.75, 3.05) is 0 Å². The first-order valence-electron chi connectivity index (χ1n) is 3.12. The van der Waals surface area contributed by atoms with E-state index in [4.69, 9.17) is 5.26 Å². The first-order chi connectivity index (χ1) is 5.42. The lowest BCUT2D eigenvalue weighted by atomic mass is 10.2. The first kappa shape index (κ1) is 6.38. The van der Waals surface area contributed by atoms with Gasteiger partial charge in [-0.15, -0.1) is 0 Å². The van der Waals surface area contributed by atoms with E-state index >= 15 is 0 Å². The number of fused-ring (bicyclic) bond motifs is 1. The van der Waals surface area contributed by atoms with Crippen LogP contribution in [-0.2, 0) is 0 Å². The average Bonchev–Trinajstić information content (AvgIpc) is 2.50. The minimum absolute atomic E-state index is 0.699. The molecule has 0 aliphatic carbocycles. The molecule has 0 atom stereocenters. The second-order valence-electron chi connectivity index (χ2n) is 2.10. The SMILES string of the molecule is N#CC1=CC=CN2SNC=C12. The van der Waals surface area contributed by atoms with Gasteiger partial charge in [-0.2, -0.15) is 5.26 Å². The normalized spacial score (nSPS) is 19.7. The van der Waals surface area contributed by atoms with Gasteiger partial charge in [-0.3, -0.25) is 4.31 Å². The van der Waals surface area contributed by atoms with Crippen LogP contribution >= 0.6 is 12.1 Å². The maximum atomic E-state index is 8.68. The largest absolute Gasteiger partial charge is 0.316 e. The van der Waals surface area contributed by atoms with Crippen molar-refractivity contribution >= 4 is 12.1 Å². The van der Waals surface area contributed by atoms with E-state index in [1.807, 2.05) is 22.8 Å². The van der Waals surface area contributed by atoms with Crippen LogP contribution < -0.4 is 4.72 Å². The van der Waals surface area contributed by atoms with Crippen LogP contribution in [0.4, 0.5) is 0 Å². The highest BCUT2D eigenvalue weighted by molar-refractivity contribution is 7.95. The molecule has 0 fully saturated rings. The monoisotopic (exact) mass is 163 g/mol. The third-order valence-electron chi connectivity index (χ3n) is 1.46. The van der Waals surface area contributed by atoms with Crippen LogP contribution in [0.2, 0.25) is 0 Å². The zero-order valence-electron chi connectivity index (χ0n) is 5.61. The highest BCUT2D eigenvalue weighted by atomic mass is 32.2. The molecular weight excluding hydrogens is 158 g/mol. The standard InChI is InChI=1S/C7H5N3S/c8-4-6-2-1-3-10-7(6)5-9-11-10/h1-3,5,9H. The maximum absolute atomic E-state index is 8.68. The maximum Gasteiger partial charge on any atom is 0.101 e. The van der Waals surface area contributed by atoms with Crippen LogP contribution in [0.15, 0.2) is 35.8 Å². The second-order valence-corrected chi connectivity index (χ2v) is 2.91. The molecule has 2 aliphatic heterocycles. The van der Waals surface area contributed by atoms with E-state index < -0.39 is 0 Å². The molecule has 0 unspecified atom stereocenters. The molecule has 0 aromatic heterocycles. The molecule has 0 radical (unpaired) electrons. The Morgan fingerprint density at radius 2 is 2.55 bits per heavy atom. The van der Waals surface area contributed by atoms with Crippen molar-refractivity contribution in [2.24, 2.45) is 0 Å². The molecule has 0 saturated heterocycles. The predicted molar refractivity (Wildman–Crippen MR) is 43.5 cm³/mol. The molecule has 2 rings (SSSR count). The predicted octanol–water partition coefficient (Wildman–Crippen LogP) is 1.27. The van der Waals surface area contributed by atoms with Crippen molar-refractivity contribution in [1.82, 2.24) is 9.03 Å². The summed E-state index contributed by atoms with van der Waals surface area (Å²) in [5, 5.41) is 8.68. The summed E-state index contributed by atoms with van der Waals surface area (Å²) in [7, 11) is 0. The number of nitrogens with zero attached hydrogens (tertiary/aromatic N) is 2. The number of hydrogen-bond acceptors (Lipinski definition) is 4. The molecule has 0 aromatic rings. The Morgan fingerprint density at radius 3 is 3.36 bits per heavy atom. The Bertz CT molecular complexity index is 308. The summed E-state index contributed by atoms with van der Waals surface area (Å²) in [5.41, 5.74) is 1.63. The van der Waals surface area contributed by atoms with Crippen molar-refractivity contribution in [3.8, 4) is 6.07 Å². The number of rotatable bonds is 0. The quantitative estimate of drug-likeness (QED) is 0.546. The van der Waals surface area contributed by atoms with Crippen LogP contribution in [-0.4, -0.2) is 4.31 Å². The van der Waals surface area contributed by atoms with Gasteiger partial charge >= 0.3 is 0 Å². The van der Waals surface area contributed by atoms with Crippen LogP contribution in [0.3, 0.4) is 0 Å². The molecule has 2 aliphatic rings. The molecule has 3 nitrogen and oxygen atoms in total. The molecule has 54 valence electrons. The second kappa shape index (κ2) is 2.36. The van der Waals surface area contributed by atoms with Crippen LogP contribution in [0, 0.1) is 11.3 Å². The third kappa shape index (κ3) is 0.900. The highest BCUT2D eigenvalue weighted by Crippen LogP contribution is 2.29. The summed E-state index contributed by atoms with van der Waals surface area (Å²) in [6.45, 7) is 0. The minimum atomic E-state index is 0.699. The lowest BCUT2D eigenvalue weighted by Crippen LogP contribution is -2.07. The summed E-state index contributed by atoms with van der Waals surface area (Å²) >= 11 is 1.46. The summed E-state index contributed by atoms with van der Waals surface area (Å²) < 4.78 is 4.88. The third-order valence-corrected chi connectivity index (χ3v) is 2.20. The fourth-order valence-corrected chi connectivity index (χ4v) is 1.61. The Balaban J connectivity index is 2.41. The van der Waals surface area contributed by atoms with Gasteiger partial charge in [0.05, 0.1) is 23.4 Å². The number of hydrogen-bond donors (Lipinski definition) is 1. The van der Waals surface area contributed by atoms with Crippen LogP contribution in [0.25, 0.3) is 0 Å². The van der Waals surface area contributed by atoms with Gasteiger partial charge in [-0.25, -0.2) is 0 Å².